The van der Waals surface area contributed by atoms with Crippen LogP contribution in [0.4, 0.5) is 0 Å². The minimum atomic E-state index is -3.59. The van der Waals surface area contributed by atoms with Crippen molar-refractivity contribution in [2.75, 3.05) is 19.6 Å². The fourth-order valence-corrected chi connectivity index (χ4v) is 3.98. The van der Waals surface area contributed by atoms with E-state index in [0.717, 1.165) is 32.5 Å². The summed E-state index contributed by atoms with van der Waals surface area (Å²) < 4.78 is 27.2. The number of nitrogens with zero attached hydrogens (tertiary/aromatic N) is 2. The maximum Gasteiger partial charge on any atom is 0.243 e. The Morgan fingerprint density at radius 2 is 2.37 bits per heavy atom. The summed E-state index contributed by atoms with van der Waals surface area (Å²) in [5, 5.41) is 0.200. The van der Waals surface area contributed by atoms with E-state index in [1.807, 2.05) is 0 Å². The van der Waals surface area contributed by atoms with Gasteiger partial charge in [0, 0.05) is 25.0 Å². The number of aromatic nitrogens is 1. The van der Waals surface area contributed by atoms with Gasteiger partial charge in [-0.15, -0.1) is 0 Å². The van der Waals surface area contributed by atoms with Crippen molar-refractivity contribution >= 4 is 21.6 Å². The number of rotatable bonds is 4. The molecule has 19 heavy (non-hydrogen) atoms. The van der Waals surface area contributed by atoms with Gasteiger partial charge in [-0.1, -0.05) is 18.5 Å². The molecule has 1 aliphatic rings. The number of likely N-dealkylation sites (N-methyl/N-ethyl adjacent to an activating group) is 1. The quantitative estimate of drug-likeness (QED) is 0.915. The highest BCUT2D eigenvalue weighted by atomic mass is 35.5. The highest BCUT2D eigenvalue weighted by Gasteiger charge is 2.26. The summed E-state index contributed by atoms with van der Waals surface area (Å²) in [4.78, 5) is 6.11. The van der Waals surface area contributed by atoms with Crippen molar-refractivity contribution in [1.29, 1.82) is 0 Å². The van der Waals surface area contributed by atoms with E-state index in [1.54, 1.807) is 0 Å². The molecule has 1 unspecified atom stereocenters. The van der Waals surface area contributed by atoms with E-state index in [0.29, 0.717) is 0 Å². The van der Waals surface area contributed by atoms with Gasteiger partial charge in [0.05, 0.1) is 5.02 Å². The summed E-state index contributed by atoms with van der Waals surface area (Å²) in [6, 6.07) is 1.42. The van der Waals surface area contributed by atoms with Crippen LogP contribution in [0.5, 0.6) is 0 Å². The molecule has 1 fully saturated rings. The number of piperidine rings is 1. The van der Waals surface area contributed by atoms with E-state index in [4.69, 9.17) is 11.6 Å². The molecule has 0 amide bonds. The molecule has 0 spiro atoms. The molecule has 5 nitrogen and oxygen atoms in total. The van der Waals surface area contributed by atoms with Gasteiger partial charge in [0.2, 0.25) is 10.0 Å². The van der Waals surface area contributed by atoms with Crippen molar-refractivity contribution in [3.8, 4) is 0 Å². The zero-order chi connectivity index (χ0) is 13.9. The standard InChI is InChI=1S/C12H18ClN3O2S/c1-2-16-7-3-4-10(9-16)15-19(17,18)12-8-14-6-5-11(12)13/h5-6,8,10,15H,2-4,7,9H2,1H3. The molecule has 7 heteroatoms. The van der Waals surface area contributed by atoms with E-state index in [-0.39, 0.29) is 16.0 Å². The van der Waals surface area contributed by atoms with E-state index >= 15 is 0 Å². The van der Waals surface area contributed by atoms with Gasteiger partial charge in [-0.2, -0.15) is 0 Å². The predicted molar refractivity (Wildman–Crippen MR) is 74.7 cm³/mol. The number of hydrogen-bond donors (Lipinski definition) is 1. The summed E-state index contributed by atoms with van der Waals surface area (Å²) in [5.74, 6) is 0. The van der Waals surface area contributed by atoms with E-state index in [1.165, 1.54) is 18.5 Å². The summed E-state index contributed by atoms with van der Waals surface area (Å²) in [7, 11) is -3.59. The molecule has 1 aromatic rings. The van der Waals surface area contributed by atoms with Crippen molar-refractivity contribution < 1.29 is 8.42 Å². The normalized spacial score (nSPS) is 21.5. The van der Waals surface area contributed by atoms with Gasteiger partial charge in [0.15, 0.2) is 0 Å². The van der Waals surface area contributed by atoms with Crippen LogP contribution in [0.1, 0.15) is 19.8 Å². The number of sulfonamides is 1. The van der Waals surface area contributed by atoms with Crippen LogP contribution < -0.4 is 4.72 Å². The first-order chi connectivity index (χ1) is 9.03. The molecule has 0 bridgehead atoms. The SMILES string of the molecule is CCN1CCCC(NS(=O)(=O)c2cnccc2Cl)C1. The smallest absolute Gasteiger partial charge is 0.243 e. The number of pyridine rings is 1. The predicted octanol–water partition coefficient (Wildman–Crippen LogP) is 1.50. The number of halogens is 1. The fourth-order valence-electron chi connectivity index (χ4n) is 2.28. The zero-order valence-corrected chi connectivity index (χ0v) is 12.4. The van der Waals surface area contributed by atoms with Crippen LogP contribution in [0.15, 0.2) is 23.4 Å². The molecule has 0 saturated carbocycles. The third-order valence-electron chi connectivity index (χ3n) is 3.30. The Labute approximate surface area is 119 Å². The molecule has 0 aromatic carbocycles. The third kappa shape index (κ3) is 3.66. The highest BCUT2D eigenvalue weighted by Crippen LogP contribution is 2.20. The van der Waals surface area contributed by atoms with Crippen molar-refractivity contribution in [1.82, 2.24) is 14.6 Å². The molecule has 1 saturated heterocycles. The molecule has 1 N–H and O–H groups in total. The molecule has 0 aliphatic carbocycles. The van der Waals surface area contributed by atoms with E-state index in [2.05, 4.69) is 21.5 Å². The summed E-state index contributed by atoms with van der Waals surface area (Å²) in [6.45, 7) is 4.79. The average molecular weight is 304 g/mol. The van der Waals surface area contributed by atoms with Crippen LogP contribution in [0.2, 0.25) is 5.02 Å². The maximum atomic E-state index is 12.3. The molecule has 1 aliphatic heterocycles. The second-order valence-corrected chi connectivity index (χ2v) is 6.75. The molecule has 106 valence electrons. The van der Waals surface area contributed by atoms with Crippen LogP contribution in [-0.4, -0.2) is 44.0 Å². The lowest BCUT2D eigenvalue weighted by Gasteiger charge is -2.32. The summed E-state index contributed by atoms with van der Waals surface area (Å²) >= 11 is 5.91. The lowest BCUT2D eigenvalue weighted by molar-refractivity contribution is 0.211. The van der Waals surface area contributed by atoms with Crippen LogP contribution >= 0.6 is 11.6 Å². The highest BCUT2D eigenvalue weighted by molar-refractivity contribution is 7.89. The van der Waals surface area contributed by atoms with E-state index in [9.17, 15) is 8.42 Å². The first kappa shape index (κ1) is 14.7. The number of nitrogens with one attached hydrogen (secondary N) is 1. The maximum absolute atomic E-state index is 12.3. The topological polar surface area (TPSA) is 62.3 Å². The Morgan fingerprint density at radius 3 is 3.05 bits per heavy atom. The molecule has 1 aromatic heterocycles. The Bertz CT molecular complexity index is 536. The van der Waals surface area contributed by atoms with Gasteiger partial charge in [0.25, 0.3) is 0 Å². The Kier molecular flexibility index (Phi) is 4.78. The van der Waals surface area contributed by atoms with Gasteiger partial charge >= 0.3 is 0 Å². The van der Waals surface area contributed by atoms with Gasteiger partial charge in [-0.25, -0.2) is 13.1 Å². The Balaban J connectivity index is 2.11. The average Bonchev–Trinajstić information content (AvgIpc) is 2.38. The van der Waals surface area contributed by atoms with Crippen molar-refractivity contribution in [2.24, 2.45) is 0 Å². The number of likely N-dealkylation sites (tertiary alicyclic amines) is 1. The van der Waals surface area contributed by atoms with Gasteiger partial charge in [-0.3, -0.25) is 4.98 Å². The molecule has 0 radical (unpaired) electrons. The first-order valence-electron chi connectivity index (χ1n) is 6.37. The van der Waals surface area contributed by atoms with Crippen molar-refractivity contribution in [3.63, 3.8) is 0 Å². The van der Waals surface area contributed by atoms with Gasteiger partial charge in [-0.05, 0) is 32.0 Å². The minimum Gasteiger partial charge on any atom is -0.302 e. The monoisotopic (exact) mass is 303 g/mol. The molecular weight excluding hydrogens is 286 g/mol. The van der Waals surface area contributed by atoms with Crippen LogP contribution in [0.3, 0.4) is 0 Å². The van der Waals surface area contributed by atoms with E-state index < -0.39 is 10.0 Å². The Morgan fingerprint density at radius 1 is 1.58 bits per heavy atom. The van der Waals surface area contributed by atoms with Crippen LogP contribution in [0, 0.1) is 0 Å². The summed E-state index contributed by atoms with van der Waals surface area (Å²) in [6.07, 6.45) is 4.61. The molecule has 2 rings (SSSR count). The second kappa shape index (κ2) is 6.17. The zero-order valence-electron chi connectivity index (χ0n) is 10.8. The summed E-state index contributed by atoms with van der Waals surface area (Å²) in [5.41, 5.74) is 0. The fraction of sp³-hybridized carbons (Fsp3) is 0.583. The number of hydrogen-bond acceptors (Lipinski definition) is 4. The lowest BCUT2D eigenvalue weighted by Crippen LogP contribution is -2.47. The van der Waals surface area contributed by atoms with Gasteiger partial charge in [0.1, 0.15) is 4.90 Å². The molecular formula is C12H18ClN3O2S. The van der Waals surface area contributed by atoms with Crippen LogP contribution in [0.25, 0.3) is 0 Å². The largest absolute Gasteiger partial charge is 0.302 e. The molecule has 2 heterocycles. The Hall–Kier alpha value is -0.690. The van der Waals surface area contributed by atoms with Crippen molar-refractivity contribution in [2.45, 2.75) is 30.7 Å². The van der Waals surface area contributed by atoms with Crippen molar-refractivity contribution in [3.05, 3.63) is 23.5 Å². The third-order valence-corrected chi connectivity index (χ3v) is 5.29. The first-order valence-corrected chi connectivity index (χ1v) is 8.23. The molecule has 1 atom stereocenters. The lowest BCUT2D eigenvalue weighted by atomic mass is 10.1. The van der Waals surface area contributed by atoms with Crippen LogP contribution in [-0.2, 0) is 10.0 Å². The minimum absolute atomic E-state index is 0.0466. The van der Waals surface area contributed by atoms with Gasteiger partial charge < -0.3 is 4.90 Å². The second-order valence-electron chi connectivity index (χ2n) is 4.66.